The number of nitrogens with one attached hydrogen (secondary N) is 2. The number of aliphatic hydroxyl groups excluding tert-OH is 1. The van der Waals surface area contributed by atoms with E-state index in [2.05, 4.69) is 33.7 Å². The van der Waals surface area contributed by atoms with E-state index in [0.717, 1.165) is 72.0 Å². The molecule has 0 spiro atoms. The van der Waals surface area contributed by atoms with Crippen molar-refractivity contribution in [2.45, 2.75) is 116 Å². The van der Waals surface area contributed by atoms with Crippen LogP contribution in [0.25, 0.3) is 11.1 Å². The molecule has 0 aromatic heterocycles. The molecule has 5 rings (SSSR count). The van der Waals surface area contributed by atoms with Gasteiger partial charge in [-0.2, -0.15) is 0 Å². The molecule has 4 unspecified atom stereocenters. The molecule has 4 atom stereocenters. The highest BCUT2D eigenvalue weighted by molar-refractivity contribution is 5.77. The molecular formula is C42H55N3O7. The van der Waals surface area contributed by atoms with Crippen molar-refractivity contribution in [2.75, 3.05) is 19.6 Å². The first-order valence-corrected chi connectivity index (χ1v) is 18.7. The van der Waals surface area contributed by atoms with Crippen LogP contribution in [-0.2, 0) is 41.7 Å². The summed E-state index contributed by atoms with van der Waals surface area (Å²) in [5.41, 5.74) is 5.28. The number of carbonyl (C=O) groups is 3. The van der Waals surface area contributed by atoms with Gasteiger partial charge in [0.1, 0.15) is 11.6 Å². The lowest BCUT2D eigenvalue weighted by Gasteiger charge is -2.38. The molecule has 2 aliphatic rings. The Morgan fingerprint density at radius 2 is 1.63 bits per heavy atom. The van der Waals surface area contributed by atoms with Crippen LogP contribution in [0.4, 0.5) is 0 Å². The van der Waals surface area contributed by atoms with Gasteiger partial charge in [0, 0.05) is 45.0 Å². The zero-order valence-electron chi connectivity index (χ0n) is 31.1. The van der Waals surface area contributed by atoms with Crippen LogP contribution in [0.15, 0.2) is 72.8 Å². The Bertz CT molecular complexity index is 1620. The van der Waals surface area contributed by atoms with Crippen molar-refractivity contribution in [3.8, 4) is 11.1 Å². The van der Waals surface area contributed by atoms with Crippen molar-refractivity contribution in [1.82, 2.24) is 15.5 Å². The molecule has 3 N–H and O–H groups in total. The third-order valence-electron chi connectivity index (χ3n) is 9.54. The molecule has 0 saturated carbocycles. The Morgan fingerprint density at radius 1 is 0.904 bits per heavy atom. The maximum atomic E-state index is 13.1. The first-order chi connectivity index (χ1) is 25.0. The number of unbranched alkanes of at least 4 members (excludes halogenated alkanes) is 2. The predicted octanol–water partition coefficient (Wildman–Crippen LogP) is 6.51. The zero-order valence-corrected chi connectivity index (χ0v) is 31.1. The van der Waals surface area contributed by atoms with Gasteiger partial charge in [-0.25, -0.2) is 0 Å². The minimum Gasteiger partial charge on any atom is -0.459 e. The van der Waals surface area contributed by atoms with Crippen molar-refractivity contribution in [1.29, 1.82) is 0 Å². The third kappa shape index (κ3) is 11.5. The molecule has 3 aromatic rings. The number of aliphatic hydroxyl groups is 1. The molecule has 2 amide bonds. The molecule has 2 fully saturated rings. The molecule has 3 aromatic carbocycles. The molecule has 10 nitrogen and oxygen atoms in total. The smallest absolute Gasteiger partial charge is 0.323 e. The van der Waals surface area contributed by atoms with Crippen LogP contribution in [0.2, 0.25) is 0 Å². The van der Waals surface area contributed by atoms with Gasteiger partial charge >= 0.3 is 5.97 Å². The van der Waals surface area contributed by atoms with E-state index in [9.17, 15) is 19.5 Å². The zero-order chi connectivity index (χ0) is 37.1. The molecule has 2 saturated heterocycles. The SMILES string of the molecule is CC(=O)NCCCCCC(=O)NCc1ccccc1-c1ccc(C2OC(CN3CCCC3C(=O)OC(C)(C)C)CC(c3ccc(CO)cc3)O2)cc1. The number of benzene rings is 3. The van der Waals surface area contributed by atoms with Crippen molar-refractivity contribution >= 4 is 17.8 Å². The second-order valence-corrected chi connectivity index (χ2v) is 14.9. The maximum absolute atomic E-state index is 13.1. The summed E-state index contributed by atoms with van der Waals surface area (Å²) >= 11 is 0. The van der Waals surface area contributed by atoms with Crippen molar-refractivity contribution < 1.29 is 33.7 Å². The quantitative estimate of drug-likeness (QED) is 0.120. The Balaban J connectivity index is 1.26. The number of carbonyl (C=O) groups excluding carboxylic acids is 3. The standard InChI is InChI=1S/C42H55N3O7/c1-29(47)43-23-9-5-6-14-39(48)44-26-34-11-7-8-12-36(34)31-19-21-33(22-20-31)41-50-35(25-38(51-41)32-17-15-30(28-46)16-18-32)27-45-24-10-13-37(45)40(49)52-42(2,3)4/h7-8,11-12,15-22,35,37-38,41,46H,5-6,9-10,13-14,23-28H2,1-4H3,(H,43,47)(H,44,48). The van der Waals surface area contributed by atoms with Crippen LogP contribution in [0.3, 0.4) is 0 Å². The summed E-state index contributed by atoms with van der Waals surface area (Å²) in [4.78, 5) is 38.9. The normalized spacial score (nSPS) is 20.7. The van der Waals surface area contributed by atoms with E-state index in [1.165, 1.54) is 6.92 Å². The van der Waals surface area contributed by atoms with Gasteiger partial charge in [-0.1, -0.05) is 79.2 Å². The number of rotatable bonds is 15. The minimum absolute atomic E-state index is 0.0118. The Morgan fingerprint density at radius 3 is 2.35 bits per heavy atom. The van der Waals surface area contributed by atoms with Gasteiger partial charge < -0.3 is 30.0 Å². The maximum Gasteiger partial charge on any atom is 0.323 e. The lowest BCUT2D eigenvalue weighted by molar-refractivity contribution is -0.253. The van der Waals surface area contributed by atoms with E-state index in [1.54, 1.807) is 0 Å². The summed E-state index contributed by atoms with van der Waals surface area (Å²) in [6.07, 6.45) is 4.24. The molecular weight excluding hydrogens is 658 g/mol. The molecule has 2 heterocycles. The fourth-order valence-electron chi connectivity index (χ4n) is 6.89. The van der Waals surface area contributed by atoms with Crippen LogP contribution in [0.1, 0.15) is 107 Å². The van der Waals surface area contributed by atoms with Crippen molar-refractivity contribution in [2.24, 2.45) is 0 Å². The molecule has 52 heavy (non-hydrogen) atoms. The van der Waals surface area contributed by atoms with Gasteiger partial charge in [-0.05, 0) is 80.8 Å². The lowest BCUT2D eigenvalue weighted by atomic mass is 9.97. The number of hydrogen-bond donors (Lipinski definition) is 3. The minimum atomic E-state index is -0.620. The third-order valence-corrected chi connectivity index (χ3v) is 9.54. The summed E-state index contributed by atoms with van der Waals surface area (Å²) in [7, 11) is 0. The van der Waals surface area contributed by atoms with Crippen LogP contribution in [0.5, 0.6) is 0 Å². The first kappa shape index (κ1) is 39.1. The molecule has 0 radical (unpaired) electrons. The van der Waals surface area contributed by atoms with E-state index in [0.29, 0.717) is 32.5 Å². The molecule has 10 heteroatoms. The largest absolute Gasteiger partial charge is 0.459 e. The highest BCUT2D eigenvalue weighted by atomic mass is 16.7. The highest BCUT2D eigenvalue weighted by Crippen LogP contribution is 2.39. The monoisotopic (exact) mass is 713 g/mol. The fourth-order valence-corrected chi connectivity index (χ4v) is 6.89. The summed E-state index contributed by atoms with van der Waals surface area (Å²) in [5, 5.41) is 15.4. The average molecular weight is 714 g/mol. The van der Waals surface area contributed by atoms with Gasteiger partial charge in [0.2, 0.25) is 11.8 Å². The van der Waals surface area contributed by atoms with Gasteiger partial charge in [0.25, 0.3) is 0 Å². The van der Waals surface area contributed by atoms with Crippen LogP contribution in [-0.4, -0.2) is 65.2 Å². The van der Waals surface area contributed by atoms with E-state index >= 15 is 0 Å². The lowest BCUT2D eigenvalue weighted by Crippen LogP contribution is -2.45. The summed E-state index contributed by atoms with van der Waals surface area (Å²) in [6, 6.07) is 23.8. The summed E-state index contributed by atoms with van der Waals surface area (Å²) in [6.45, 7) is 9.63. The van der Waals surface area contributed by atoms with Crippen molar-refractivity contribution in [3.63, 3.8) is 0 Å². The van der Waals surface area contributed by atoms with Crippen LogP contribution in [0, 0.1) is 0 Å². The van der Waals surface area contributed by atoms with Crippen LogP contribution >= 0.6 is 0 Å². The number of likely N-dealkylation sites (tertiary alicyclic amines) is 1. The van der Waals surface area contributed by atoms with Crippen LogP contribution < -0.4 is 10.6 Å². The summed E-state index contributed by atoms with van der Waals surface area (Å²) in [5.74, 6) is -0.206. The second kappa shape index (κ2) is 18.6. The Kier molecular flexibility index (Phi) is 14.0. The number of hydrogen-bond acceptors (Lipinski definition) is 8. The Hall–Kier alpha value is -4.09. The van der Waals surface area contributed by atoms with Gasteiger partial charge in [-0.15, -0.1) is 0 Å². The van der Waals surface area contributed by atoms with Gasteiger partial charge in [-0.3, -0.25) is 19.3 Å². The van der Waals surface area contributed by atoms with Gasteiger partial charge in [0.05, 0.1) is 18.8 Å². The number of nitrogens with zero attached hydrogens (tertiary/aromatic N) is 1. The average Bonchev–Trinajstić information content (AvgIpc) is 3.60. The van der Waals surface area contributed by atoms with E-state index in [4.69, 9.17) is 14.2 Å². The van der Waals surface area contributed by atoms with Gasteiger partial charge in [0.15, 0.2) is 6.29 Å². The number of amides is 2. The molecule has 280 valence electrons. The number of ether oxygens (including phenoxy) is 3. The molecule has 0 bridgehead atoms. The Labute approximate surface area is 308 Å². The predicted molar refractivity (Wildman–Crippen MR) is 200 cm³/mol. The molecule has 0 aliphatic carbocycles. The highest BCUT2D eigenvalue weighted by Gasteiger charge is 2.39. The first-order valence-electron chi connectivity index (χ1n) is 18.7. The van der Waals surface area contributed by atoms with E-state index in [-0.39, 0.29) is 42.6 Å². The second-order valence-electron chi connectivity index (χ2n) is 14.9. The molecule has 2 aliphatic heterocycles. The topological polar surface area (TPSA) is 126 Å². The van der Waals surface area contributed by atoms with E-state index in [1.807, 2.05) is 75.4 Å². The van der Waals surface area contributed by atoms with E-state index < -0.39 is 11.9 Å². The number of esters is 1. The van der Waals surface area contributed by atoms with Crippen molar-refractivity contribution in [3.05, 3.63) is 95.1 Å². The summed E-state index contributed by atoms with van der Waals surface area (Å²) < 4.78 is 19.0. The fraction of sp³-hybridized carbons (Fsp3) is 0.500.